The lowest BCUT2D eigenvalue weighted by atomic mass is 10.1. The Morgan fingerprint density at radius 3 is 2.19 bits per heavy atom. The van der Waals surface area contributed by atoms with Gasteiger partial charge in [0.2, 0.25) is 0 Å². The summed E-state index contributed by atoms with van der Waals surface area (Å²) in [7, 11) is 0. The highest BCUT2D eigenvalue weighted by atomic mass is 35.5. The number of carbonyl (C=O) groups excluding carboxylic acids is 3. The monoisotopic (exact) mass is 405 g/mol. The predicted octanol–water partition coefficient (Wildman–Crippen LogP) is 4.78. The minimum Gasteiger partial charge on any atom is -0.449 e. The number of benzene rings is 2. The first-order valence-corrected chi connectivity index (χ1v) is 8.78. The molecule has 0 saturated heterocycles. The minimum atomic E-state index is -1.02. The van der Waals surface area contributed by atoms with E-state index in [1.54, 1.807) is 42.5 Å². The third-order valence-corrected chi connectivity index (χ3v) is 4.27. The number of halogens is 2. The molecule has 7 heteroatoms. The third kappa shape index (κ3) is 5.94. The molecule has 0 aliphatic rings. The number of esters is 1. The van der Waals surface area contributed by atoms with E-state index in [4.69, 9.17) is 27.9 Å². The predicted molar refractivity (Wildman–Crippen MR) is 106 cm³/mol. The largest absolute Gasteiger partial charge is 0.449 e. The van der Waals surface area contributed by atoms with Gasteiger partial charge in [-0.2, -0.15) is 0 Å². The maximum absolute atomic E-state index is 12.1. The van der Waals surface area contributed by atoms with Crippen LogP contribution in [0.3, 0.4) is 0 Å². The van der Waals surface area contributed by atoms with Crippen LogP contribution in [0.1, 0.15) is 29.8 Å². The van der Waals surface area contributed by atoms with Gasteiger partial charge in [-0.1, -0.05) is 29.3 Å². The zero-order chi connectivity index (χ0) is 20.0. The van der Waals surface area contributed by atoms with Gasteiger partial charge in [0.15, 0.2) is 11.9 Å². The van der Waals surface area contributed by atoms with Crippen LogP contribution in [-0.4, -0.2) is 23.8 Å². The molecule has 27 heavy (non-hydrogen) atoms. The Balaban J connectivity index is 1.94. The van der Waals surface area contributed by atoms with E-state index >= 15 is 0 Å². The highest BCUT2D eigenvalue weighted by Crippen LogP contribution is 2.25. The van der Waals surface area contributed by atoms with E-state index in [0.29, 0.717) is 26.9 Å². The zero-order valence-corrected chi connectivity index (χ0v) is 16.2. The second-order valence-corrected chi connectivity index (χ2v) is 6.48. The molecule has 0 heterocycles. The third-order valence-electron chi connectivity index (χ3n) is 3.61. The second kappa shape index (κ2) is 9.35. The summed E-state index contributed by atoms with van der Waals surface area (Å²) in [5, 5.41) is 3.40. The average Bonchev–Trinajstić information content (AvgIpc) is 2.61. The smallest absolute Gasteiger partial charge is 0.331 e. The summed E-state index contributed by atoms with van der Waals surface area (Å²) in [6.07, 6.45) is 1.56. The van der Waals surface area contributed by atoms with Gasteiger partial charge in [-0.3, -0.25) is 9.59 Å². The van der Waals surface area contributed by atoms with Gasteiger partial charge in [0.05, 0.1) is 0 Å². The Kier molecular flexibility index (Phi) is 7.16. The summed E-state index contributed by atoms with van der Waals surface area (Å²) in [6, 6.07) is 11.4. The topological polar surface area (TPSA) is 72.5 Å². The molecule has 1 amide bonds. The minimum absolute atomic E-state index is 0.0689. The lowest BCUT2D eigenvalue weighted by Gasteiger charge is -2.12. The Hall–Kier alpha value is -2.63. The number of amides is 1. The lowest BCUT2D eigenvalue weighted by Crippen LogP contribution is -2.29. The SMILES string of the molecule is CC(=O)c1ccc(NC(=O)[C@@H](C)OC(=O)/C=C/c2c(Cl)cccc2Cl)cc1. The van der Waals surface area contributed by atoms with Crippen LogP contribution in [0.2, 0.25) is 10.0 Å². The van der Waals surface area contributed by atoms with E-state index in [9.17, 15) is 14.4 Å². The molecule has 1 atom stereocenters. The first-order chi connectivity index (χ1) is 12.8. The molecule has 0 aliphatic heterocycles. The molecule has 2 aromatic carbocycles. The van der Waals surface area contributed by atoms with Gasteiger partial charge in [0.1, 0.15) is 0 Å². The highest BCUT2D eigenvalue weighted by Gasteiger charge is 2.17. The van der Waals surface area contributed by atoms with E-state index in [0.717, 1.165) is 6.08 Å². The second-order valence-electron chi connectivity index (χ2n) is 5.67. The number of ketones is 1. The van der Waals surface area contributed by atoms with Crippen LogP contribution in [0, 0.1) is 0 Å². The molecular formula is C20H17Cl2NO4. The fourth-order valence-corrected chi connectivity index (χ4v) is 2.64. The van der Waals surface area contributed by atoms with Crippen molar-refractivity contribution in [1.82, 2.24) is 0 Å². The van der Waals surface area contributed by atoms with Crippen LogP contribution in [0.25, 0.3) is 6.08 Å². The number of anilines is 1. The highest BCUT2D eigenvalue weighted by molar-refractivity contribution is 6.37. The number of nitrogens with one attached hydrogen (secondary N) is 1. The molecule has 0 spiro atoms. The molecule has 1 N–H and O–H groups in total. The van der Waals surface area contributed by atoms with Crippen LogP contribution in [-0.2, 0) is 14.3 Å². The average molecular weight is 406 g/mol. The standard InChI is InChI=1S/C20H17Cl2NO4/c1-12(24)14-6-8-15(9-7-14)23-20(26)13(2)27-19(25)11-10-16-17(21)4-3-5-18(16)22/h3-11,13H,1-2H3,(H,23,26)/b11-10+/t13-/m1/s1. The summed E-state index contributed by atoms with van der Waals surface area (Å²) in [5.74, 6) is -1.27. The van der Waals surface area contributed by atoms with Crippen molar-refractivity contribution >= 4 is 52.6 Å². The molecule has 0 unspecified atom stereocenters. The molecular weight excluding hydrogens is 389 g/mol. The summed E-state index contributed by atoms with van der Waals surface area (Å²) in [5.41, 5.74) is 1.52. The molecule has 0 aromatic heterocycles. The normalized spacial score (nSPS) is 11.9. The zero-order valence-electron chi connectivity index (χ0n) is 14.7. The number of carbonyl (C=O) groups is 3. The molecule has 0 fully saturated rings. The van der Waals surface area contributed by atoms with Gasteiger partial charge >= 0.3 is 5.97 Å². The van der Waals surface area contributed by atoms with Crippen molar-refractivity contribution in [2.75, 3.05) is 5.32 Å². The van der Waals surface area contributed by atoms with Crippen molar-refractivity contribution in [2.24, 2.45) is 0 Å². The van der Waals surface area contributed by atoms with Crippen LogP contribution in [0.4, 0.5) is 5.69 Å². The van der Waals surface area contributed by atoms with Gasteiger partial charge in [-0.15, -0.1) is 0 Å². The molecule has 2 aromatic rings. The Morgan fingerprint density at radius 2 is 1.63 bits per heavy atom. The van der Waals surface area contributed by atoms with Gasteiger partial charge in [0.25, 0.3) is 5.91 Å². The Labute approximate surface area is 166 Å². The maximum Gasteiger partial charge on any atom is 0.331 e. The van der Waals surface area contributed by atoms with Crippen LogP contribution in [0.15, 0.2) is 48.5 Å². The van der Waals surface area contributed by atoms with Crippen molar-refractivity contribution in [1.29, 1.82) is 0 Å². The number of rotatable bonds is 6. The maximum atomic E-state index is 12.1. The fraction of sp³-hybridized carbons (Fsp3) is 0.150. The van der Waals surface area contributed by atoms with Gasteiger partial charge in [0, 0.05) is 32.9 Å². The Morgan fingerprint density at radius 1 is 1.04 bits per heavy atom. The number of hydrogen-bond acceptors (Lipinski definition) is 4. The van der Waals surface area contributed by atoms with Gasteiger partial charge in [-0.25, -0.2) is 4.79 Å². The molecule has 140 valence electrons. The van der Waals surface area contributed by atoms with Gasteiger partial charge in [-0.05, 0) is 56.3 Å². The van der Waals surface area contributed by atoms with E-state index in [1.165, 1.54) is 19.9 Å². The van der Waals surface area contributed by atoms with Crippen LogP contribution >= 0.6 is 23.2 Å². The van der Waals surface area contributed by atoms with Crippen LogP contribution < -0.4 is 5.32 Å². The van der Waals surface area contributed by atoms with Crippen molar-refractivity contribution in [3.05, 3.63) is 69.7 Å². The van der Waals surface area contributed by atoms with E-state index in [2.05, 4.69) is 5.32 Å². The van der Waals surface area contributed by atoms with E-state index < -0.39 is 18.0 Å². The van der Waals surface area contributed by atoms with Gasteiger partial charge < -0.3 is 10.1 Å². The Bertz CT molecular complexity index is 871. The van der Waals surface area contributed by atoms with E-state index in [-0.39, 0.29) is 5.78 Å². The summed E-state index contributed by atoms with van der Waals surface area (Å²) in [6.45, 7) is 2.91. The summed E-state index contributed by atoms with van der Waals surface area (Å²) >= 11 is 12.0. The van der Waals surface area contributed by atoms with Crippen molar-refractivity contribution < 1.29 is 19.1 Å². The molecule has 0 saturated carbocycles. The number of ether oxygens (including phenoxy) is 1. The van der Waals surface area contributed by atoms with Crippen molar-refractivity contribution in [3.8, 4) is 0 Å². The molecule has 0 aliphatic carbocycles. The number of Topliss-reactive ketones (excluding diaryl/α,β-unsaturated/α-hetero) is 1. The first-order valence-electron chi connectivity index (χ1n) is 8.02. The lowest BCUT2D eigenvalue weighted by molar-refractivity contribution is -0.148. The first kappa shape index (κ1) is 20.7. The van der Waals surface area contributed by atoms with Crippen molar-refractivity contribution in [2.45, 2.75) is 20.0 Å². The van der Waals surface area contributed by atoms with Crippen molar-refractivity contribution in [3.63, 3.8) is 0 Å². The molecule has 0 radical (unpaired) electrons. The molecule has 2 rings (SSSR count). The number of hydrogen-bond donors (Lipinski definition) is 1. The summed E-state index contributed by atoms with van der Waals surface area (Å²) < 4.78 is 5.07. The molecule has 0 bridgehead atoms. The quantitative estimate of drug-likeness (QED) is 0.426. The molecule has 5 nitrogen and oxygen atoms in total. The van der Waals surface area contributed by atoms with E-state index in [1.807, 2.05) is 0 Å². The fourth-order valence-electron chi connectivity index (χ4n) is 2.12. The van der Waals surface area contributed by atoms with Crippen LogP contribution in [0.5, 0.6) is 0 Å². The summed E-state index contributed by atoms with van der Waals surface area (Å²) in [4.78, 5) is 35.3.